The van der Waals surface area contributed by atoms with Gasteiger partial charge in [0.15, 0.2) is 0 Å². The molecule has 0 aliphatic carbocycles. The fourth-order valence-corrected chi connectivity index (χ4v) is 5.96. The number of amides is 1. The molecule has 2 fully saturated rings. The lowest BCUT2D eigenvalue weighted by Crippen LogP contribution is -2.52. The standard InChI is InChI=1S/C23H28N6OS.2C2HF3O2/c1-17-26-19(15-31-17)13-29-11-5-8-23(22(29)30)16-28(12-18-6-3-4-9-24-18)14-20(23)21-7-10-25-27(21)2;2*3-2(4,5)1(6)7/h3-4,6-7,9-10,15,20H,5,8,11-14,16H2,1-2H3;2*(H,6,7)/t20-,23+;;/m0../s1. The lowest BCUT2D eigenvalue weighted by Gasteiger charge is -2.42. The number of alkyl halides is 6. The van der Waals surface area contributed by atoms with Crippen LogP contribution in [0.2, 0.25) is 0 Å². The molecule has 2 aliphatic rings. The van der Waals surface area contributed by atoms with Crippen molar-refractivity contribution in [3.8, 4) is 0 Å². The Balaban J connectivity index is 0.000000331. The summed E-state index contributed by atoms with van der Waals surface area (Å²) in [6.07, 6.45) is -4.57. The highest BCUT2D eigenvalue weighted by Gasteiger charge is 2.56. The first-order valence-corrected chi connectivity index (χ1v) is 14.2. The number of carbonyl (C=O) groups excluding carboxylic acids is 1. The highest BCUT2D eigenvalue weighted by molar-refractivity contribution is 7.09. The van der Waals surface area contributed by atoms with Crippen molar-refractivity contribution < 1.29 is 50.9 Å². The van der Waals surface area contributed by atoms with Gasteiger partial charge in [-0.05, 0) is 38.0 Å². The van der Waals surface area contributed by atoms with Crippen LogP contribution in [-0.2, 0) is 34.5 Å². The average molecular weight is 665 g/mol. The van der Waals surface area contributed by atoms with E-state index in [1.54, 1.807) is 11.3 Å². The molecule has 3 aromatic rings. The van der Waals surface area contributed by atoms with Gasteiger partial charge in [-0.1, -0.05) is 6.07 Å². The number of aliphatic carboxylic acids is 2. The molecule has 18 heteroatoms. The number of piperidine rings is 1. The van der Waals surface area contributed by atoms with Gasteiger partial charge in [0.25, 0.3) is 0 Å². The topological polar surface area (TPSA) is 142 Å². The molecule has 0 unspecified atom stereocenters. The molecule has 2 atom stereocenters. The molecular formula is C27H30F6N6O5S. The van der Waals surface area contributed by atoms with Crippen LogP contribution >= 0.6 is 11.3 Å². The molecule has 246 valence electrons. The number of nitrogens with zero attached hydrogens (tertiary/aromatic N) is 6. The van der Waals surface area contributed by atoms with Crippen molar-refractivity contribution in [3.63, 3.8) is 0 Å². The Bertz CT molecular complexity index is 1440. The minimum Gasteiger partial charge on any atom is -0.475 e. The van der Waals surface area contributed by atoms with Crippen molar-refractivity contribution in [2.45, 2.75) is 51.1 Å². The van der Waals surface area contributed by atoms with Crippen molar-refractivity contribution in [3.05, 3.63) is 64.1 Å². The first-order valence-electron chi connectivity index (χ1n) is 13.3. The van der Waals surface area contributed by atoms with Crippen molar-refractivity contribution in [2.75, 3.05) is 19.6 Å². The molecule has 5 rings (SSSR count). The third kappa shape index (κ3) is 9.23. The molecule has 0 bridgehead atoms. The van der Waals surface area contributed by atoms with Crippen LogP contribution in [0, 0.1) is 12.3 Å². The van der Waals surface area contributed by atoms with Gasteiger partial charge in [0, 0.05) is 62.6 Å². The third-order valence-corrected chi connectivity index (χ3v) is 8.03. The van der Waals surface area contributed by atoms with E-state index in [4.69, 9.17) is 19.8 Å². The van der Waals surface area contributed by atoms with Gasteiger partial charge in [0.05, 0.1) is 28.4 Å². The van der Waals surface area contributed by atoms with Crippen LogP contribution in [0.1, 0.15) is 40.8 Å². The van der Waals surface area contributed by atoms with E-state index in [1.807, 2.05) is 48.1 Å². The summed E-state index contributed by atoms with van der Waals surface area (Å²) in [5, 5.41) is 21.8. The number of rotatable bonds is 5. The van der Waals surface area contributed by atoms with Crippen LogP contribution in [0.4, 0.5) is 26.3 Å². The third-order valence-electron chi connectivity index (χ3n) is 7.21. The van der Waals surface area contributed by atoms with Gasteiger partial charge in [-0.15, -0.1) is 11.3 Å². The van der Waals surface area contributed by atoms with E-state index in [0.29, 0.717) is 6.54 Å². The summed E-state index contributed by atoms with van der Waals surface area (Å²) in [6.45, 7) is 5.77. The number of aromatic nitrogens is 4. The summed E-state index contributed by atoms with van der Waals surface area (Å²) >= 11 is 1.64. The van der Waals surface area contributed by atoms with Gasteiger partial charge >= 0.3 is 24.3 Å². The van der Waals surface area contributed by atoms with E-state index < -0.39 is 29.7 Å². The van der Waals surface area contributed by atoms with Gasteiger partial charge in [0.2, 0.25) is 5.91 Å². The van der Waals surface area contributed by atoms with E-state index in [9.17, 15) is 31.1 Å². The number of pyridine rings is 1. The molecule has 0 radical (unpaired) electrons. The van der Waals surface area contributed by atoms with E-state index in [0.717, 1.165) is 61.1 Å². The number of likely N-dealkylation sites (tertiary alicyclic amines) is 2. The lowest BCUT2D eigenvalue weighted by molar-refractivity contribution is -0.193. The van der Waals surface area contributed by atoms with E-state index in [1.165, 1.54) is 0 Å². The van der Waals surface area contributed by atoms with Gasteiger partial charge in [-0.3, -0.25) is 19.4 Å². The van der Waals surface area contributed by atoms with E-state index in [-0.39, 0.29) is 11.8 Å². The molecule has 45 heavy (non-hydrogen) atoms. The molecule has 5 heterocycles. The summed E-state index contributed by atoms with van der Waals surface area (Å²) in [5.74, 6) is -5.13. The van der Waals surface area contributed by atoms with Crippen LogP contribution in [-0.4, -0.2) is 89.6 Å². The first-order chi connectivity index (χ1) is 20.9. The number of hydrogen-bond donors (Lipinski definition) is 2. The second kappa shape index (κ2) is 14.4. The van der Waals surface area contributed by atoms with Crippen LogP contribution in [0.25, 0.3) is 0 Å². The van der Waals surface area contributed by atoms with Crippen molar-refractivity contribution >= 4 is 29.2 Å². The maximum absolute atomic E-state index is 14.0. The minimum atomic E-state index is -5.08. The molecule has 3 aromatic heterocycles. The Labute approximate surface area is 257 Å². The predicted molar refractivity (Wildman–Crippen MR) is 147 cm³/mol. The normalized spacial score (nSPS) is 20.3. The Hall–Kier alpha value is -4.06. The quantitative estimate of drug-likeness (QED) is 0.383. The lowest BCUT2D eigenvalue weighted by atomic mass is 9.70. The number of thiazole rings is 1. The number of carbonyl (C=O) groups is 3. The zero-order valence-corrected chi connectivity index (χ0v) is 24.9. The van der Waals surface area contributed by atoms with E-state index >= 15 is 0 Å². The maximum atomic E-state index is 14.0. The monoisotopic (exact) mass is 664 g/mol. The molecule has 0 saturated carbocycles. The van der Waals surface area contributed by atoms with Gasteiger partial charge in [-0.2, -0.15) is 31.4 Å². The largest absolute Gasteiger partial charge is 0.490 e. The summed E-state index contributed by atoms with van der Waals surface area (Å²) in [7, 11) is 1.98. The average Bonchev–Trinajstić information content (AvgIpc) is 3.65. The number of aryl methyl sites for hydroxylation is 2. The molecule has 2 saturated heterocycles. The first kappa shape index (κ1) is 35.4. The Morgan fingerprint density at radius 3 is 2.16 bits per heavy atom. The van der Waals surface area contributed by atoms with Gasteiger partial charge in [0.1, 0.15) is 0 Å². The molecule has 2 N–H and O–H groups in total. The second-order valence-corrected chi connectivity index (χ2v) is 11.4. The fourth-order valence-electron chi connectivity index (χ4n) is 5.36. The highest BCUT2D eigenvalue weighted by atomic mass is 32.1. The summed E-state index contributed by atoms with van der Waals surface area (Å²) in [5.41, 5.74) is 2.75. The fraction of sp³-hybridized carbons (Fsp3) is 0.481. The minimum absolute atomic E-state index is 0.121. The number of carboxylic acid groups (broad SMARTS) is 2. The smallest absolute Gasteiger partial charge is 0.475 e. The SMILES string of the molecule is Cc1nc(CN2CCC[C@]3(CN(Cc4ccccn4)C[C@H]3c3ccnn3C)C2=O)cs1.O=C(O)C(F)(F)F.O=C(O)C(F)(F)F. The van der Waals surface area contributed by atoms with Crippen molar-refractivity contribution in [1.82, 2.24) is 29.5 Å². The Kier molecular flexibility index (Phi) is 11.3. The number of halogens is 6. The molecule has 0 aromatic carbocycles. The molecule has 2 aliphatic heterocycles. The maximum Gasteiger partial charge on any atom is 0.490 e. The molecular weight excluding hydrogens is 634 g/mol. The Morgan fingerprint density at radius 1 is 1.02 bits per heavy atom. The Morgan fingerprint density at radius 2 is 1.67 bits per heavy atom. The molecule has 11 nitrogen and oxygen atoms in total. The highest BCUT2D eigenvalue weighted by Crippen LogP contribution is 2.49. The summed E-state index contributed by atoms with van der Waals surface area (Å²) < 4.78 is 65.4. The van der Waals surface area contributed by atoms with Crippen LogP contribution in [0.15, 0.2) is 42.0 Å². The number of carboxylic acids is 2. The molecule has 1 spiro atoms. The van der Waals surface area contributed by atoms with Crippen LogP contribution < -0.4 is 0 Å². The van der Waals surface area contributed by atoms with Crippen LogP contribution in [0.3, 0.4) is 0 Å². The number of hydrogen-bond acceptors (Lipinski definition) is 8. The zero-order valence-electron chi connectivity index (χ0n) is 24.0. The second-order valence-electron chi connectivity index (χ2n) is 10.4. The van der Waals surface area contributed by atoms with Crippen molar-refractivity contribution in [2.24, 2.45) is 12.5 Å². The summed E-state index contributed by atoms with van der Waals surface area (Å²) in [6, 6.07) is 8.10. The van der Waals surface area contributed by atoms with Gasteiger partial charge < -0.3 is 15.1 Å². The van der Waals surface area contributed by atoms with Crippen molar-refractivity contribution in [1.29, 1.82) is 0 Å². The summed E-state index contributed by atoms with van der Waals surface area (Å²) in [4.78, 5) is 45.3. The van der Waals surface area contributed by atoms with Crippen LogP contribution in [0.5, 0.6) is 0 Å². The van der Waals surface area contributed by atoms with E-state index in [2.05, 4.69) is 37.5 Å². The molecule has 1 amide bonds. The predicted octanol–water partition coefficient (Wildman–Crippen LogP) is 4.26. The van der Waals surface area contributed by atoms with Gasteiger partial charge in [-0.25, -0.2) is 14.6 Å². The zero-order chi connectivity index (χ0) is 33.6.